The second-order valence-corrected chi connectivity index (χ2v) is 3.09. The number of unbranched alkanes of at least 4 members (excludes halogenated alkanes) is 1. The van der Waals surface area contributed by atoms with Crippen molar-refractivity contribution in [1.29, 1.82) is 0 Å². The quantitative estimate of drug-likeness (QED) is 0.758. The molecule has 0 atom stereocenters. The molecule has 4 heteroatoms. The third-order valence-corrected chi connectivity index (χ3v) is 1.85. The van der Waals surface area contributed by atoms with Gasteiger partial charge in [-0.3, -0.25) is 0 Å². The van der Waals surface area contributed by atoms with Crippen molar-refractivity contribution in [2.75, 3.05) is 24.2 Å². The van der Waals surface area contributed by atoms with Crippen LogP contribution in [0.15, 0.2) is 12.4 Å². The molecular formula is C9H16N4. The van der Waals surface area contributed by atoms with Gasteiger partial charge < -0.3 is 10.6 Å². The van der Waals surface area contributed by atoms with Crippen molar-refractivity contribution in [2.45, 2.75) is 19.8 Å². The van der Waals surface area contributed by atoms with Crippen LogP contribution in [-0.2, 0) is 0 Å². The van der Waals surface area contributed by atoms with Crippen molar-refractivity contribution in [3.05, 3.63) is 12.4 Å². The van der Waals surface area contributed by atoms with E-state index in [9.17, 15) is 0 Å². The molecule has 0 aliphatic heterocycles. The van der Waals surface area contributed by atoms with Crippen molar-refractivity contribution in [2.24, 2.45) is 0 Å². The van der Waals surface area contributed by atoms with E-state index in [1.54, 1.807) is 12.4 Å². The number of nitrogen functional groups attached to an aromatic ring is 1. The summed E-state index contributed by atoms with van der Waals surface area (Å²) in [5.41, 5.74) is 6.09. The maximum Gasteiger partial charge on any atom is 0.225 e. The van der Waals surface area contributed by atoms with Gasteiger partial charge in [0, 0.05) is 13.6 Å². The standard InChI is InChI=1S/C9H16N4/c1-3-4-5-13(2)9-11-6-8(10)7-12-9/h6-7H,3-5,10H2,1-2H3. The van der Waals surface area contributed by atoms with Crippen molar-refractivity contribution < 1.29 is 0 Å². The molecule has 0 radical (unpaired) electrons. The molecule has 0 unspecified atom stereocenters. The van der Waals surface area contributed by atoms with E-state index in [2.05, 4.69) is 16.9 Å². The molecule has 0 spiro atoms. The second-order valence-electron chi connectivity index (χ2n) is 3.09. The molecule has 0 aromatic carbocycles. The number of nitrogens with zero attached hydrogens (tertiary/aromatic N) is 3. The van der Waals surface area contributed by atoms with Gasteiger partial charge in [-0.2, -0.15) is 0 Å². The monoisotopic (exact) mass is 180 g/mol. The minimum Gasteiger partial charge on any atom is -0.396 e. The van der Waals surface area contributed by atoms with Crippen molar-refractivity contribution in [3.63, 3.8) is 0 Å². The minimum atomic E-state index is 0.604. The van der Waals surface area contributed by atoms with E-state index in [0.29, 0.717) is 5.69 Å². The third-order valence-electron chi connectivity index (χ3n) is 1.85. The first kappa shape index (κ1) is 9.77. The van der Waals surface area contributed by atoms with Gasteiger partial charge in [-0.25, -0.2) is 9.97 Å². The molecule has 0 aliphatic carbocycles. The van der Waals surface area contributed by atoms with Gasteiger partial charge in [0.15, 0.2) is 0 Å². The predicted octanol–water partition coefficient (Wildman–Crippen LogP) is 1.30. The summed E-state index contributed by atoms with van der Waals surface area (Å²) in [6, 6.07) is 0. The highest BCUT2D eigenvalue weighted by molar-refractivity contribution is 5.37. The maximum absolute atomic E-state index is 5.48. The Balaban J connectivity index is 2.55. The lowest BCUT2D eigenvalue weighted by Gasteiger charge is -2.15. The zero-order chi connectivity index (χ0) is 9.68. The Morgan fingerprint density at radius 2 is 2.00 bits per heavy atom. The number of rotatable bonds is 4. The van der Waals surface area contributed by atoms with Gasteiger partial charge >= 0.3 is 0 Å². The van der Waals surface area contributed by atoms with Crippen molar-refractivity contribution in [3.8, 4) is 0 Å². The summed E-state index contributed by atoms with van der Waals surface area (Å²) in [6.45, 7) is 3.15. The summed E-state index contributed by atoms with van der Waals surface area (Å²) in [4.78, 5) is 10.3. The Kier molecular flexibility index (Phi) is 3.49. The Hall–Kier alpha value is -1.32. The summed E-state index contributed by atoms with van der Waals surface area (Å²) in [6.07, 6.45) is 5.60. The second kappa shape index (κ2) is 4.64. The van der Waals surface area contributed by atoms with Crippen molar-refractivity contribution >= 4 is 11.6 Å². The van der Waals surface area contributed by atoms with Crippen LogP contribution in [0.2, 0.25) is 0 Å². The van der Waals surface area contributed by atoms with Gasteiger partial charge in [-0.05, 0) is 6.42 Å². The number of hydrogen-bond donors (Lipinski definition) is 1. The molecular weight excluding hydrogens is 164 g/mol. The molecule has 4 nitrogen and oxygen atoms in total. The van der Waals surface area contributed by atoms with E-state index in [1.165, 1.54) is 6.42 Å². The summed E-state index contributed by atoms with van der Waals surface area (Å²) < 4.78 is 0. The number of hydrogen-bond acceptors (Lipinski definition) is 4. The van der Waals surface area contributed by atoms with E-state index in [-0.39, 0.29) is 0 Å². The Morgan fingerprint density at radius 1 is 1.38 bits per heavy atom. The van der Waals surface area contributed by atoms with Crippen LogP contribution in [0.3, 0.4) is 0 Å². The molecule has 1 heterocycles. The first-order valence-corrected chi connectivity index (χ1v) is 4.52. The topological polar surface area (TPSA) is 55.0 Å². The molecule has 72 valence electrons. The van der Waals surface area contributed by atoms with Crippen LogP contribution >= 0.6 is 0 Å². The Morgan fingerprint density at radius 3 is 2.54 bits per heavy atom. The summed E-state index contributed by atoms with van der Waals surface area (Å²) >= 11 is 0. The molecule has 0 bridgehead atoms. The van der Waals surface area contributed by atoms with Crippen LogP contribution in [0, 0.1) is 0 Å². The molecule has 0 amide bonds. The molecule has 1 rings (SSSR count). The predicted molar refractivity (Wildman–Crippen MR) is 54.6 cm³/mol. The SMILES string of the molecule is CCCCN(C)c1ncc(N)cn1. The number of anilines is 2. The van der Waals surface area contributed by atoms with Crippen LogP contribution < -0.4 is 10.6 Å². The minimum absolute atomic E-state index is 0.604. The van der Waals surface area contributed by atoms with Gasteiger partial charge in [-0.1, -0.05) is 13.3 Å². The number of aromatic nitrogens is 2. The average Bonchev–Trinajstić information content (AvgIpc) is 2.15. The maximum atomic E-state index is 5.48. The molecule has 13 heavy (non-hydrogen) atoms. The molecule has 0 fully saturated rings. The lowest BCUT2D eigenvalue weighted by molar-refractivity contribution is 0.750. The molecule has 1 aromatic rings. The summed E-state index contributed by atoms with van der Waals surface area (Å²) in [5.74, 6) is 0.739. The van der Waals surface area contributed by atoms with Crippen LogP contribution in [0.25, 0.3) is 0 Å². The van der Waals surface area contributed by atoms with Gasteiger partial charge in [0.05, 0.1) is 18.1 Å². The lowest BCUT2D eigenvalue weighted by atomic mass is 10.3. The highest BCUT2D eigenvalue weighted by Gasteiger charge is 2.01. The highest BCUT2D eigenvalue weighted by Crippen LogP contribution is 2.06. The zero-order valence-electron chi connectivity index (χ0n) is 8.20. The Bertz CT molecular complexity index is 244. The highest BCUT2D eigenvalue weighted by atomic mass is 15.2. The van der Waals surface area contributed by atoms with E-state index in [4.69, 9.17) is 5.73 Å². The molecule has 0 aliphatic rings. The third kappa shape index (κ3) is 2.89. The largest absolute Gasteiger partial charge is 0.396 e. The Labute approximate surface area is 78.8 Å². The van der Waals surface area contributed by atoms with Crippen LogP contribution in [0.1, 0.15) is 19.8 Å². The lowest BCUT2D eigenvalue weighted by Crippen LogP contribution is -2.20. The summed E-state index contributed by atoms with van der Waals surface area (Å²) in [7, 11) is 1.99. The number of nitrogens with two attached hydrogens (primary N) is 1. The first-order valence-electron chi connectivity index (χ1n) is 4.52. The average molecular weight is 180 g/mol. The normalized spacial score (nSPS) is 10.0. The molecule has 0 saturated heterocycles. The van der Waals surface area contributed by atoms with E-state index in [0.717, 1.165) is 18.9 Å². The molecule has 2 N–H and O–H groups in total. The first-order chi connectivity index (χ1) is 6.24. The van der Waals surface area contributed by atoms with E-state index in [1.807, 2.05) is 11.9 Å². The van der Waals surface area contributed by atoms with Crippen LogP contribution in [0.5, 0.6) is 0 Å². The molecule has 0 saturated carbocycles. The van der Waals surface area contributed by atoms with Gasteiger partial charge in [-0.15, -0.1) is 0 Å². The fraction of sp³-hybridized carbons (Fsp3) is 0.556. The zero-order valence-corrected chi connectivity index (χ0v) is 8.20. The fourth-order valence-electron chi connectivity index (χ4n) is 1.02. The van der Waals surface area contributed by atoms with Crippen LogP contribution in [-0.4, -0.2) is 23.6 Å². The summed E-state index contributed by atoms with van der Waals surface area (Å²) in [5, 5.41) is 0. The van der Waals surface area contributed by atoms with Gasteiger partial charge in [0.25, 0.3) is 0 Å². The van der Waals surface area contributed by atoms with Gasteiger partial charge in [0.1, 0.15) is 0 Å². The van der Waals surface area contributed by atoms with E-state index >= 15 is 0 Å². The van der Waals surface area contributed by atoms with Gasteiger partial charge in [0.2, 0.25) is 5.95 Å². The molecule has 1 aromatic heterocycles. The smallest absolute Gasteiger partial charge is 0.225 e. The van der Waals surface area contributed by atoms with Crippen LogP contribution in [0.4, 0.5) is 11.6 Å². The fourth-order valence-corrected chi connectivity index (χ4v) is 1.02. The van der Waals surface area contributed by atoms with E-state index < -0.39 is 0 Å². The van der Waals surface area contributed by atoms with Crippen molar-refractivity contribution in [1.82, 2.24) is 9.97 Å².